The number of aromatic nitrogens is 4. The first-order chi connectivity index (χ1) is 17.6. The third-order valence-electron chi connectivity index (χ3n) is 6.66. The maximum atomic E-state index is 6.27. The Labute approximate surface area is 211 Å². The molecule has 7 heteroatoms. The monoisotopic (exact) mass is 477 g/mol. The minimum atomic E-state index is 0.333. The number of allylic oxidation sites excluding steroid dienone is 4. The van der Waals surface area contributed by atoms with Crippen LogP contribution >= 0.6 is 0 Å². The highest BCUT2D eigenvalue weighted by Gasteiger charge is 2.19. The quantitative estimate of drug-likeness (QED) is 0.373. The van der Waals surface area contributed by atoms with Gasteiger partial charge in [-0.15, -0.1) is 0 Å². The number of benzene rings is 1. The van der Waals surface area contributed by atoms with E-state index in [1.165, 1.54) is 5.56 Å². The average Bonchev–Trinajstić information content (AvgIpc) is 3.28. The van der Waals surface area contributed by atoms with Crippen LogP contribution in [0.15, 0.2) is 86.2 Å². The standard InChI is InChI=1S/C29H31N7/c1-3-6-21(4-2)22-17-26-29(33-18-22)36(28(34-26)25-7-5-14-32-27(25)31)24-10-8-20(9-11-24)19-35-15-12-23(30)13-16-35/h3-11,14,17-18,23H,1-2,12-13,15-16,19,30H2,(H2,31,32)/b21-6+. The first-order valence-electron chi connectivity index (χ1n) is 12.2. The predicted octanol–water partition coefficient (Wildman–Crippen LogP) is 4.74. The van der Waals surface area contributed by atoms with Gasteiger partial charge in [-0.3, -0.25) is 9.47 Å². The Morgan fingerprint density at radius 2 is 1.86 bits per heavy atom. The largest absolute Gasteiger partial charge is 0.383 e. The van der Waals surface area contributed by atoms with Crippen LogP contribution in [0.3, 0.4) is 0 Å². The molecule has 3 aromatic heterocycles. The molecule has 0 aliphatic carbocycles. The first kappa shape index (κ1) is 23.7. The normalized spacial score (nSPS) is 15.3. The van der Waals surface area contributed by atoms with E-state index in [0.717, 1.165) is 66.0 Å². The van der Waals surface area contributed by atoms with Gasteiger partial charge in [-0.2, -0.15) is 0 Å². The van der Waals surface area contributed by atoms with Crippen LogP contribution in [0.1, 0.15) is 24.0 Å². The lowest BCUT2D eigenvalue weighted by molar-refractivity contribution is 0.205. The number of nitrogens with zero attached hydrogens (tertiary/aromatic N) is 5. The van der Waals surface area contributed by atoms with E-state index >= 15 is 0 Å². The van der Waals surface area contributed by atoms with Crippen LogP contribution in [0, 0.1) is 0 Å². The molecule has 0 amide bonds. The molecule has 7 nitrogen and oxygen atoms in total. The molecule has 1 aliphatic rings. The lowest BCUT2D eigenvalue weighted by Gasteiger charge is -2.30. The van der Waals surface area contributed by atoms with Gasteiger partial charge in [0.25, 0.3) is 0 Å². The van der Waals surface area contributed by atoms with E-state index in [-0.39, 0.29) is 0 Å². The molecule has 36 heavy (non-hydrogen) atoms. The zero-order valence-corrected chi connectivity index (χ0v) is 20.3. The Hall–Kier alpha value is -4.07. The number of pyridine rings is 2. The first-order valence-corrected chi connectivity index (χ1v) is 12.2. The van der Waals surface area contributed by atoms with Crippen molar-refractivity contribution >= 4 is 22.6 Å². The summed E-state index contributed by atoms with van der Waals surface area (Å²) < 4.78 is 2.04. The van der Waals surface area contributed by atoms with E-state index in [0.29, 0.717) is 17.7 Å². The number of likely N-dealkylation sites (tertiary alicyclic amines) is 1. The van der Waals surface area contributed by atoms with Crippen molar-refractivity contribution in [2.45, 2.75) is 25.4 Å². The minimum Gasteiger partial charge on any atom is -0.383 e. The molecule has 182 valence electrons. The maximum absolute atomic E-state index is 6.27. The number of hydrogen-bond acceptors (Lipinski definition) is 6. The Morgan fingerprint density at radius 3 is 2.56 bits per heavy atom. The van der Waals surface area contributed by atoms with Crippen LogP contribution in [0.5, 0.6) is 0 Å². The van der Waals surface area contributed by atoms with Crippen LogP contribution < -0.4 is 11.5 Å². The molecule has 0 unspecified atom stereocenters. The average molecular weight is 478 g/mol. The van der Waals surface area contributed by atoms with Gasteiger partial charge in [-0.05, 0) is 67.4 Å². The van der Waals surface area contributed by atoms with Gasteiger partial charge in [0, 0.05) is 36.2 Å². The number of fused-ring (bicyclic) bond motifs is 1. The second kappa shape index (κ2) is 10.3. The summed E-state index contributed by atoms with van der Waals surface area (Å²) in [5.74, 6) is 1.12. The van der Waals surface area contributed by atoms with Crippen molar-refractivity contribution in [2.75, 3.05) is 18.8 Å². The zero-order valence-electron chi connectivity index (χ0n) is 20.3. The molecule has 4 N–H and O–H groups in total. The Kier molecular flexibility index (Phi) is 6.75. The van der Waals surface area contributed by atoms with E-state index in [1.807, 2.05) is 35.0 Å². The molecular formula is C29H31N7. The number of imidazole rings is 1. The summed E-state index contributed by atoms with van der Waals surface area (Å²) in [6, 6.07) is 14.7. The van der Waals surface area contributed by atoms with E-state index in [2.05, 4.69) is 47.3 Å². The number of nitrogen functional groups attached to an aromatic ring is 1. The fourth-order valence-corrected chi connectivity index (χ4v) is 4.68. The van der Waals surface area contributed by atoms with Crippen molar-refractivity contribution < 1.29 is 0 Å². The van der Waals surface area contributed by atoms with Crippen LogP contribution in [0.25, 0.3) is 33.8 Å². The van der Waals surface area contributed by atoms with Crippen LogP contribution in [0.4, 0.5) is 5.82 Å². The summed E-state index contributed by atoms with van der Waals surface area (Å²) in [4.78, 5) is 16.5. The van der Waals surface area contributed by atoms with E-state index in [9.17, 15) is 0 Å². The lowest BCUT2D eigenvalue weighted by atomic mass is 10.1. The van der Waals surface area contributed by atoms with Gasteiger partial charge in [0.2, 0.25) is 0 Å². The molecule has 4 aromatic rings. The number of rotatable bonds is 7. The molecule has 4 heterocycles. The molecule has 5 rings (SSSR count). The van der Waals surface area contributed by atoms with Crippen LogP contribution in [-0.2, 0) is 6.54 Å². The van der Waals surface area contributed by atoms with Crippen molar-refractivity contribution in [3.63, 3.8) is 0 Å². The van der Waals surface area contributed by atoms with E-state index < -0.39 is 0 Å². The van der Waals surface area contributed by atoms with Crippen molar-refractivity contribution in [1.82, 2.24) is 24.4 Å². The zero-order chi connectivity index (χ0) is 25.1. The molecule has 0 atom stereocenters. The Balaban J connectivity index is 1.57. The molecule has 0 radical (unpaired) electrons. The third-order valence-corrected chi connectivity index (χ3v) is 6.66. The van der Waals surface area contributed by atoms with Crippen molar-refractivity contribution in [1.29, 1.82) is 0 Å². The smallest absolute Gasteiger partial charge is 0.164 e. The summed E-state index contributed by atoms with van der Waals surface area (Å²) in [7, 11) is 0. The van der Waals surface area contributed by atoms with Crippen LogP contribution in [-0.4, -0.2) is 43.6 Å². The molecule has 1 fully saturated rings. The summed E-state index contributed by atoms with van der Waals surface area (Å²) in [5, 5.41) is 0. The lowest BCUT2D eigenvalue weighted by Crippen LogP contribution is -2.39. The van der Waals surface area contributed by atoms with Crippen LogP contribution in [0.2, 0.25) is 0 Å². The van der Waals surface area contributed by atoms with Crippen molar-refractivity contribution in [2.24, 2.45) is 5.73 Å². The van der Waals surface area contributed by atoms with E-state index in [4.69, 9.17) is 21.4 Å². The maximum Gasteiger partial charge on any atom is 0.164 e. The van der Waals surface area contributed by atoms with Gasteiger partial charge in [-0.25, -0.2) is 15.0 Å². The fraction of sp³-hybridized carbons (Fsp3) is 0.207. The molecule has 0 spiro atoms. The van der Waals surface area contributed by atoms with Gasteiger partial charge < -0.3 is 11.5 Å². The highest BCUT2D eigenvalue weighted by Crippen LogP contribution is 2.31. The number of anilines is 1. The van der Waals surface area contributed by atoms with Gasteiger partial charge in [0.15, 0.2) is 11.5 Å². The van der Waals surface area contributed by atoms with Gasteiger partial charge in [0.1, 0.15) is 11.3 Å². The van der Waals surface area contributed by atoms with Crippen molar-refractivity contribution in [3.8, 4) is 17.1 Å². The van der Waals surface area contributed by atoms with Crippen molar-refractivity contribution in [3.05, 3.63) is 97.4 Å². The molecule has 0 saturated carbocycles. The van der Waals surface area contributed by atoms with E-state index in [1.54, 1.807) is 18.3 Å². The SMILES string of the molecule is C=C/C=C(\C=C)c1cnc2c(c1)nc(-c1cccnc1N)n2-c1ccc(CN2CCC(N)CC2)cc1. The number of nitrogens with two attached hydrogens (primary N) is 2. The third kappa shape index (κ3) is 4.71. The summed E-state index contributed by atoms with van der Waals surface area (Å²) >= 11 is 0. The molecular weight excluding hydrogens is 446 g/mol. The summed E-state index contributed by atoms with van der Waals surface area (Å²) in [5.41, 5.74) is 18.7. The second-order valence-corrected chi connectivity index (χ2v) is 9.12. The molecule has 0 bridgehead atoms. The highest BCUT2D eigenvalue weighted by atomic mass is 15.1. The Bertz CT molecular complexity index is 1420. The summed E-state index contributed by atoms with van der Waals surface area (Å²) in [6.07, 6.45) is 11.1. The van der Waals surface area contributed by atoms with Gasteiger partial charge >= 0.3 is 0 Å². The van der Waals surface area contributed by atoms with Gasteiger partial charge in [-0.1, -0.05) is 43.5 Å². The number of piperidine rings is 1. The second-order valence-electron chi connectivity index (χ2n) is 9.12. The minimum absolute atomic E-state index is 0.333. The number of hydrogen-bond donors (Lipinski definition) is 2. The molecule has 1 saturated heterocycles. The Morgan fingerprint density at radius 1 is 1.08 bits per heavy atom. The summed E-state index contributed by atoms with van der Waals surface area (Å²) in [6.45, 7) is 10.7. The molecule has 1 aliphatic heterocycles. The fourth-order valence-electron chi connectivity index (χ4n) is 4.68. The molecule has 1 aromatic carbocycles. The predicted molar refractivity (Wildman–Crippen MR) is 147 cm³/mol. The topological polar surface area (TPSA) is 98.9 Å². The van der Waals surface area contributed by atoms with Gasteiger partial charge in [0.05, 0.1) is 5.56 Å². The highest BCUT2D eigenvalue weighted by molar-refractivity contribution is 5.86.